The minimum Gasteiger partial charge on any atom is -0.340 e. The molecule has 0 aliphatic carbocycles. The number of benzene rings is 1. The van der Waals surface area contributed by atoms with E-state index in [-0.39, 0.29) is 29.8 Å². The van der Waals surface area contributed by atoms with E-state index in [1.54, 1.807) is 24.3 Å². The van der Waals surface area contributed by atoms with Gasteiger partial charge < -0.3 is 14.0 Å². The Hall–Kier alpha value is -3.07. The molecule has 4 heterocycles. The molecule has 2 aliphatic heterocycles. The topological polar surface area (TPSA) is 93.4 Å². The predicted octanol–water partition coefficient (Wildman–Crippen LogP) is 1.82. The van der Waals surface area contributed by atoms with Crippen molar-refractivity contribution in [2.24, 2.45) is 5.92 Å². The average Bonchev–Trinajstić information content (AvgIpc) is 3.11. The number of carbonyl (C=O) groups excluding carboxylic acids is 1. The fourth-order valence-corrected chi connectivity index (χ4v) is 5.57. The van der Waals surface area contributed by atoms with Crippen molar-refractivity contribution >= 4 is 32.5 Å². The van der Waals surface area contributed by atoms with Crippen LogP contribution in [0.3, 0.4) is 0 Å². The largest absolute Gasteiger partial charge is 0.340 e. The third-order valence-corrected chi connectivity index (χ3v) is 6.84. The van der Waals surface area contributed by atoms with Gasteiger partial charge in [0.15, 0.2) is 0 Å². The first-order valence-corrected chi connectivity index (χ1v) is 12.2. The Labute approximate surface area is 180 Å². The van der Waals surface area contributed by atoms with Gasteiger partial charge in [0.1, 0.15) is 6.54 Å². The van der Waals surface area contributed by atoms with Gasteiger partial charge in [0.05, 0.1) is 17.5 Å². The van der Waals surface area contributed by atoms with Crippen LogP contribution in [0.4, 0.5) is 5.69 Å². The summed E-state index contributed by atoms with van der Waals surface area (Å²) in [5.74, 6) is 0.486. The molecular weight excluding hydrogens is 416 g/mol. The third kappa shape index (κ3) is 3.74. The van der Waals surface area contributed by atoms with Crippen molar-refractivity contribution in [2.45, 2.75) is 25.4 Å². The molecule has 2 atom stereocenters. The first-order chi connectivity index (χ1) is 14.8. The molecule has 2 aromatic heterocycles. The number of anilines is 1. The molecule has 1 fully saturated rings. The smallest absolute Gasteiger partial charge is 0.250 e. The lowest BCUT2D eigenvalue weighted by atomic mass is 9.83. The zero-order valence-corrected chi connectivity index (χ0v) is 18.0. The summed E-state index contributed by atoms with van der Waals surface area (Å²) in [5, 5.41) is 0.754. The minimum absolute atomic E-state index is 0.0282. The van der Waals surface area contributed by atoms with Crippen molar-refractivity contribution in [1.82, 2.24) is 14.0 Å². The van der Waals surface area contributed by atoms with Gasteiger partial charge in [0.2, 0.25) is 15.9 Å². The number of hydrogen-bond donors (Lipinski definition) is 1. The summed E-state index contributed by atoms with van der Waals surface area (Å²) in [6.45, 7) is 2.10. The van der Waals surface area contributed by atoms with Crippen molar-refractivity contribution in [3.63, 3.8) is 0 Å². The van der Waals surface area contributed by atoms with Crippen LogP contribution in [0.2, 0.25) is 0 Å². The van der Waals surface area contributed by atoms with Crippen LogP contribution in [0, 0.1) is 5.92 Å². The molecule has 1 amide bonds. The quantitative estimate of drug-likeness (QED) is 0.670. The Morgan fingerprint density at radius 1 is 1.10 bits per heavy atom. The molecule has 0 radical (unpaired) electrons. The van der Waals surface area contributed by atoms with Gasteiger partial charge in [0.25, 0.3) is 5.56 Å². The monoisotopic (exact) mass is 440 g/mol. The second kappa shape index (κ2) is 7.26. The molecule has 1 N–H and O–H groups in total. The van der Waals surface area contributed by atoms with Gasteiger partial charge in [-0.1, -0.05) is 12.1 Å². The Bertz CT molecular complexity index is 1340. The summed E-state index contributed by atoms with van der Waals surface area (Å²) in [5.41, 5.74) is 2.35. The molecule has 162 valence electrons. The van der Waals surface area contributed by atoms with Crippen molar-refractivity contribution < 1.29 is 13.2 Å². The number of piperidine rings is 1. The van der Waals surface area contributed by atoms with E-state index >= 15 is 0 Å². The fourth-order valence-electron chi connectivity index (χ4n) is 5.00. The van der Waals surface area contributed by atoms with Crippen molar-refractivity contribution in [3.8, 4) is 0 Å². The van der Waals surface area contributed by atoms with E-state index in [1.165, 1.54) is 0 Å². The molecule has 1 aromatic carbocycles. The second-order valence-electron chi connectivity index (χ2n) is 8.55. The van der Waals surface area contributed by atoms with E-state index in [2.05, 4.69) is 4.72 Å². The summed E-state index contributed by atoms with van der Waals surface area (Å²) >= 11 is 0. The molecule has 0 spiro atoms. The molecule has 5 rings (SSSR count). The molecule has 2 bridgehead atoms. The van der Waals surface area contributed by atoms with Gasteiger partial charge in [-0.15, -0.1) is 0 Å². The van der Waals surface area contributed by atoms with Crippen LogP contribution < -0.4 is 10.3 Å². The summed E-state index contributed by atoms with van der Waals surface area (Å²) in [6, 6.07) is 12.6. The van der Waals surface area contributed by atoms with Gasteiger partial charge >= 0.3 is 0 Å². The molecule has 1 saturated heterocycles. The number of likely N-dealkylation sites (tertiary alicyclic amines) is 1. The van der Waals surface area contributed by atoms with Gasteiger partial charge in [-0.2, -0.15) is 0 Å². The molecule has 2 unspecified atom stereocenters. The van der Waals surface area contributed by atoms with E-state index in [0.29, 0.717) is 25.3 Å². The van der Waals surface area contributed by atoms with Crippen molar-refractivity contribution in [1.29, 1.82) is 0 Å². The lowest BCUT2D eigenvalue weighted by Gasteiger charge is -2.42. The highest BCUT2D eigenvalue weighted by Crippen LogP contribution is 2.35. The second-order valence-corrected chi connectivity index (χ2v) is 10.3. The number of pyridine rings is 1. The highest BCUT2D eigenvalue weighted by atomic mass is 32.2. The van der Waals surface area contributed by atoms with Crippen LogP contribution >= 0.6 is 0 Å². The van der Waals surface area contributed by atoms with E-state index < -0.39 is 10.0 Å². The van der Waals surface area contributed by atoms with E-state index in [4.69, 9.17) is 0 Å². The van der Waals surface area contributed by atoms with Crippen molar-refractivity contribution in [3.05, 3.63) is 64.7 Å². The number of aromatic nitrogens is 2. The van der Waals surface area contributed by atoms with Gasteiger partial charge in [-0.25, -0.2) is 8.42 Å². The lowest BCUT2D eigenvalue weighted by molar-refractivity contribution is -0.134. The fraction of sp³-hybridized carbons (Fsp3) is 0.364. The maximum atomic E-state index is 13.2. The van der Waals surface area contributed by atoms with Crippen LogP contribution in [0.25, 0.3) is 10.9 Å². The number of nitrogens with zero attached hydrogens (tertiary/aromatic N) is 3. The SMILES string of the molecule is CS(=O)(=O)Nc1cccc2c1ccn2CC(=O)N1CC2CC(C1)c1cccc(=O)n1C2. The Morgan fingerprint density at radius 2 is 1.90 bits per heavy atom. The maximum absolute atomic E-state index is 13.2. The summed E-state index contributed by atoms with van der Waals surface area (Å²) in [6.07, 6.45) is 3.93. The first-order valence-electron chi connectivity index (χ1n) is 10.3. The molecule has 3 aromatic rings. The van der Waals surface area contributed by atoms with Crippen molar-refractivity contribution in [2.75, 3.05) is 24.1 Å². The maximum Gasteiger partial charge on any atom is 0.250 e. The number of nitrogens with one attached hydrogen (secondary N) is 1. The van der Waals surface area contributed by atoms with Crippen LogP contribution in [0.15, 0.2) is 53.5 Å². The van der Waals surface area contributed by atoms with Crippen LogP contribution in [-0.4, -0.2) is 47.7 Å². The lowest BCUT2D eigenvalue weighted by Crippen LogP contribution is -2.49. The summed E-state index contributed by atoms with van der Waals surface area (Å²) in [4.78, 5) is 27.3. The van der Waals surface area contributed by atoms with Crippen LogP contribution in [-0.2, 0) is 27.9 Å². The highest BCUT2D eigenvalue weighted by Gasteiger charge is 2.36. The molecular formula is C22H24N4O4S. The minimum atomic E-state index is -3.39. The standard InChI is InChI=1S/C22H24N4O4S/c1-31(29,30)23-18-4-2-6-20-17(18)8-9-24(20)14-22(28)25-11-15-10-16(13-25)19-5-3-7-21(27)26(19)12-15/h2-9,15-16,23H,10-14H2,1H3. The predicted molar refractivity (Wildman–Crippen MR) is 119 cm³/mol. The van der Waals surface area contributed by atoms with Gasteiger partial charge in [0, 0.05) is 48.9 Å². The van der Waals surface area contributed by atoms with E-state index in [9.17, 15) is 18.0 Å². The Kier molecular flexibility index (Phi) is 4.65. The van der Waals surface area contributed by atoms with Gasteiger partial charge in [-0.05, 0) is 36.6 Å². The number of sulfonamides is 1. The zero-order valence-electron chi connectivity index (χ0n) is 17.2. The zero-order chi connectivity index (χ0) is 21.8. The van der Waals surface area contributed by atoms with E-state index in [1.807, 2.05) is 38.4 Å². The average molecular weight is 441 g/mol. The number of fused-ring (bicyclic) bond motifs is 5. The molecule has 9 heteroatoms. The first kappa shape index (κ1) is 19.9. The van der Waals surface area contributed by atoms with E-state index in [0.717, 1.165) is 29.3 Å². The molecule has 0 saturated carbocycles. The Balaban J connectivity index is 1.37. The normalized spacial score (nSPS) is 20.5. The molecule has 8 nitrogen and oxygen atoms in total. The number of hydrogen-bond acceptors (Lipinski definition) is 4. The number of amides is 1. The number of rotatable bonds is 4. The molecule has 31 heavy (non-hydrogen) atoms. The number of carbonyl (C=O) groups is 1. The third-order valence-electron chi connectivity index (χ3n) is 6.25. The highest BCUT2D eigenvalue weighted by molar-refractivity contribution is 7.92. The molecule has 2 aliphatic rings. The summed E-state index contributed by atoms with van der Waals surface area (Å²) in [7, 11) is -3.39. The summed E-state index contributed by atoms with van der Waals surface area (Å²) < 4.78 is 29.5. The Morgan fingerprint density at radius 3 is 2.71 bits per heavy atom. The van der Waals surface area contributed by atoms with Crippen LogP contribution in [0.1, 0.15) is 18.0 Å². The van der Waals surface area contributed by atoms with Crippen LogP contribution in [0.5, 0.6) is 0 Å². The van der Waals surface area contributed by atoms with Gasteiger partial charge in [-0.3, -0.25) is 14.3 Å².